The van der Waals surface area contributed by atoms with Gasteiger partial charge in [0.2, 0.25) is 0 Å². The molecule has 1 aromatic heterocycles. The average molecular weight is 394 g/mol. The largest absolute Gasteiger partial charge is 0.497 e. The van der Waals surface area contributed by atoms with Gasteiger partial charge in [0, 0.05) is 23.7 Å². The molecule has 1 saturated heterocycles. The molecule has 154 valence electrons. The van der Waals surface area contributed by atoms with Gasteiger partial charge in [-0.1, -0.05) is 44.2 Å². The van der Waals surface area contributed by atoms with E-state index >= 15 is 0 Å². The third kappa shape index (κ3) is 3.51. The van der Waals surface area contributed by atoms with E-state index in [1.165, 1.54) is 12.8 Å². The summed E-state index contributed by atoms with van der Waals surface area (Å²) in [6.45, 7) is 7.84. The molecule has 2 heterocycles. The van der Waals surface area contributed by atoms with Crippen molar-refractivity contribution in [2.24, 2.45) is 0 Å². The van der Waals surface area contributed by atoms with Gasteiger partial charge in [-0.3, -0.25) is 4.90 Å². The summed E-state index contributed by atoms with van der Waals surface area (Å²) < 4.78 is 18.3. The minimum absolute atomic E-state index is 0.0252. The standard InChI is InChI=1S/C25H31NO3/c1-5-25(6-2)15-10-16-26(25)18(3)28-24-21-14-13-20(27-4)17-22(21)29-23(24)19-11-8-7-9-12-19/h7-9,11-14,17-18H,5-6,10,15-16H2,1-4H3. The Morgan fingerprint density at radius 3 is 2.55 bits per heavy atom. The summed E-state index contributed by atoms with van der Waals surface area (Å²) in [4.78, 5) is 2.55. The summed E-state index contributed by atoms with van der Waals surface area (Å²) in [6.07, 6.45) is 4.73. The van der Waals surface area contributed by atoms with E-state index in [9.17, 15) is 0 Å². The van der Waals surface area contributed by atoms with Crippen LogP contribution in [0.2, 0.25) is 0 Å². The van der Waals surface area contributed by atoms with E-state index in [0.29, 0.717) is 0 Å². The maximum atomic E-state index is 6.66. The SMILES string of the molecule is CCC1(CC)CCCN1C(C)Oc1c(-c2ccccc2)oc2cc(OC)ccc12. The van der Waals surface area contributed by atoms with Crippen LogP contribution in [0.1, 0.15) is 46.5 Å². The molecule has 4 nitrogen and oxygen atoms in total. The Kier molecular flexibility index (Phi) is 5.55. The number of furan rings is 1. The molecule has 1 fully saturated rings. The van der Waals surface area contributed by atoms with Crippen LogP contribution in [-0.2, 0) is 0 Å². The number of hydrogen-bond donors (Lipinski definition) is 0. The summed E-state index contributed by atoms with van der Waals surface area (Å²) in [6, 6.07) is 16.1. The zero-order valence-electron chi connectivity index (χ0n) is 17.9. The second-order valence-corrected chi connectivity index (χ2v) is 7.93. The Morgan fingerprint density at radius 2 is 1.86 bits per heavy atom. The van der Waals surface area contributed by atoms with Crippen LogP contribution in [-0.4, -0.2) is 30.3 Å². The van der Waals surface area contributed by atoms with Gasteiger partial charge in [-0.15, -0.1) is 0 Å². The van der Waals surface area contributed by atoms with Gasteiger partial charge in [-0.2, -0.15) is 0 Å². The van der Waals surface area contributed by atoms with Gasteiger partial charge in [0.1, 0.15) is 11.3 Å². The van der Waals surface area contributed by atoms with E-state index < -0.39 is 0 Å². The van der Waals surface area contributed by atoms with Crippen molar-refractivity contribution < 1.29 is 13.9 Å². The highest BCUT2D eigenvalue weighted by molar-refractivity contribution is 5.92. The van der Waals surface area contributed by atoms with Crippen molar-refractivity contribution in [1.29, 1.82) is 0 Å². The topological polar surface area (TPSA) is 34.8 Å². The van der Waals surface area contributed by atoms with Gasteiger partial charge in [0.15, 0.2) is 17.7 Å². The molecule has 0 N–H and O–H groups in total. The number of hydrogen-bond acceptors (Lipinski definition) is 4. The summed E-state index contributed by atoms with van der Waals surface area (Å²) >= 11 is 0. The molecule has 29 heavy (non-hydrogen) atoms. The van der Waals surface area contributed by atoms with Crippen molar-refractivity contribution in [1.82, 2.24) is 4.90 Å². The molecule has 2 aromatic carbocycles. The fourth-order valence-corrected chi connectivity index (χ4v) is 4.85. The Balaban J connectivity index is 1.76. The maximum absolute atomic E-state index is 6.66. The Hall–Kier alpha value is -2.46. The van der Waals surface area contributed by atoms with Crippen molar-refractivity contribution in [3.05, 3.63) is 48.5 Å². The zero-order chi connectivity index (χ0) is 20.4. The van der Waals surface area contributed by atoms with Gasteiger partial charge in [-0.05, 0) is 44.7 Å². The highest BCUT2D eigenvalue weighted by Crippen LogP contribution is 2.43. The van der Waals surface area contributed by atoms with Gasteiger partial charge >= 0.3 is 0 Å². The van der Waals surface area contributed by atoms with Crippen molar-refractivity contribution >= 4 is 11.0 Å². The maximum Gasteiger partial charge on any atom is 0.177 e. The number of methoxy groups -OCH3 is 1. The third-order valence-corrected chi connectivity index (χ3v) is 6.58. The quantitative estimate of drug-likeness (QED) is 0.460. The molecule has 1 unspecified atom stereocenters. The van der Waals surface area contributed by atoms with E-state index in [-0.39, 0.29) is 11.8 Å². The summed E-state index contributed by atoms with van der Waals surface area (Å²) in [5, 5.41) is 0.981. The van der Waals surface area contributed by atoms with E-state index in [1.807, 2.05) is 36.4 Å². The minimum atomic E-state index is -0.0252. The van der Waals surface area contributed by atoms with Crippen molar-refractivity contribution in [2.75, 3.05) is 13.7 Å². The number of nitrogens with zero attached hydrogens (tertiary/aromatic N) is 1. The van der Waals surface area contributed by atoms with Gasteiger partial charge in [0.25, 0.3) is 0 Å². The van der Waals surface area contributed by atoms with Gasteiger partial charge < -0.3 is 13.9 Å². The smallest absolute Gasteiger partial charge is 0.177 e. The van der Waals surface area contributed by atoms with Crippen LogP contribution < -0.4 is 9.47 Å². The first kappa shape index (κ1) is 19.8. The number of fused-ring (bicyclic) bond motifs is 1. The van der Waals surface area contributed by atoms with Crippen LogP contribution in [0.25, 0.3) is 22.3 Å². The van der Waals surface area contributed by atoms with Gasteiger partial charge in [0.05, 0.1) is 12.5 Å². The number of benzene rings is 2. The van der Waals surface area contributed by atoms with E-state index in [0.717, 1.165) is 53.2 Å². The fourth-order valence-electron chi connectivity index (χ4n) is 4.85. The average Bonchev–Trinajstić information content (AvgIpc) is 3.36. The van der Waals surface area contributed by atoms with E-state index in [2.05, 4.69) is 37.8 Å². The van der Waals surface area contributed by atoms with Crippen LogP contribution in [0, 0.1) is 0 Å². The molecular formula is C25H31NO3. The second kappa shape index (κ2) is 8.11. The molecule has 0 spiro atoms. The van der Waals surface area contributed by atoms with E-state index in [4.69, 9.17) is 13.9 Å². The first-order valence-corrected chi connectivity index (χ1v) is 10.7. The minimum Gasteiger partial charge on any atom is -0.497 e. The molecule has 1 aliphatic heterocycles. The molecular weight excluding hydrogens is 362 g/mol. The predicted octanol–water partition coefficient (Wildman–Crippen LogP) is 6.49. The monoisotopic (exact) mass is 393 g/mol. The van der Waals surface area contributed by atoms with Gasteiger partial charge in [-0.25, -0.2) is 0 Å². The normalized spacial score (nSPS) is 17.5. The molecule has 0 bridgehead atoms. The first-order valence-electron chi connectivity index (χ1n) is 10.7. The van der Waals surface area contributed by atoms with Crippen molar-refractivity contribution in [3.63, 3.8) is 0 Å². The Morgan fingerprint density at radius 1 is 1.10 bits per heavy atom. The third-order valence-electron chi connectivity index (χ3n) is 6.58. The lowest BCUT2D eigenvalue weighted by molar-refractivity contribution is -0.0200. The van der Waals surface area contributed by atoms with Crippen molar-refractivity contribution in [2.45, 2.75) is 58.2 Å². The van der Waals surface area contributed by atoms with Crippen LogP contribution in [0.3, 0.4) is 0 Å². The summed E-state index contributed by atoms with van der Waals surface area (Å²) in [7, 11) is 1.67. The molecule has 1 atom stereocenters. The molecule has 1 aliphatic rings. The van der Waals surface area contributed by atoms with E-state index in [1.54, 1.807) is 7.11 Å². The molecule has 4 rings (SSSR count). The van der Waals surface area contributed by atoms with Crippen LogP contribution in [0.5, 0.6) is 11.5 Å². The number of ether oxygens (including phenoxy) is 2. The Bertz CT molecular complexity index is 959. The van der Waals surface area contributed by atoms with Crippen LogP contribution in [0.15, 0.2) is 52.9 Å². The predicted molar refractivity (Wildman–Crippen MR) is 118 cm³/mol. The molecule has 0 aliphatic carbocycles. The lowest BCUT2D eigenvalue weighted by atomic mass is 9.90. The van der Waals surface area contributed by atoms with Crippen LogP contribution in [0.4, 0.5) is 0 Å². The molecule has 3 aromatic rings. The van der Waals surface area contributed by atoms with Crippen molar-refractivity contribution in [3.8, 4) is 22.8 Å². The first-order chi connectivity index (χ1) is 14.1. The van der Waals surface area contributed by atoms with Crippen LogP contribution >= 0.6 is 0 Å². The molecule has 0 saturated carbocycles. The highest BCUT2D eigenvalue weighted by Gasteiger charge is 2.41. The lowest BCUT2D eigenvalue weighted by Crippen LogP contribution is -2.49. The fraction of sp³-hybridized carbons (Fsp3) is 0.440. The second-order valence-electron chi connectivity index (χ2n) is 7.93. The Labute approximate surface area is 173 Å². The molecule has 4 heteroatoms. The summed E-state index contributed by atoms with van der Waals surface area (Å²) in [5.74, 6) is 2.37. The molecule has 0 amide bonds. The lowest BCUT2D eigenvalue weighted by Gasteiger charge is -2.40. The highest BCUT2D eigenvalue weighted by atomic mass is 16.5. The number of likely N-dealkylation sites (tertiary alicyclic amines) is 1. The summed E-state index contributed by atoms with van der Waals surface area (Å²) in [5.41, 5.74) is 2.03. The molecule has 0 radical (unpaired) electrons. The zero-order valence-corrected chi connectivity index (χ0v) is 17.9. The number of rotatable bonds is 7.